The summed E-state index contributed by atoms with van der Waals surface area (Å²) in [4.78, 5) is 4.25. The molecule has 9 nitrogen and oxygen atoms in total. The van der Waals surface area contributed by atoms with E-state index in [-0.39, 0.29) is 17.3 Å². The summed E-state index contributed by atoms with van der Waals surface area (Å²) in [5.41, 5.74) is 2.79. The molecule has 124 valence electrons. The van der Waals surface area contributed by atoms with E-state index in [0.717, 1.165) is 4.47 Å². The van der Waals surface area contributed by atoms with Crippen molar-refractivity contribution in [2.45, 2.75) is 0 Å². The lowest BCUT2D eigenvalue weighted by Gasteiger charge is -2.07. The number of hydroxylamine groups is 1. The summed E-state index contributed by atoms with van der Waals surface area (Å²) in [6, 6.07) is 7.20. The molecule has 1 heterocycles. The minimum atomic E-state index is -2.11. The third kappa shape index (κ3) is 5.30. The summed E-state index contributed by atoms with van der Waals surface area (Å²) in [6.45, 7) is 0.371. The van der Waals surface area contributed by atoms with Crippen molar-refractivity contribution in [3.63, 3.8) is 0 Å². The Morgan fingerprint density at radius 1 is 1.43 bits per heavy atom. The predicted octanol–water partition coefficient (Wildman–Crippen LogP) is 2.61. The van der Waals surface area contributed by atoms with Gasteiger partial charge in [0.25, 0.3) is 0 Å². The number of aliphatic imine (C=N–C) groups is 1. The Labute approximate surface area is 141 Å². The average Bonchev–Trinajstić information content (AvgIpc) is 2.92. The first-order valence-electron chi connectivity index (χ1n) is 6.45. The van der Waals surface area contributed by atoms with Gasteiger partial charge >= 0.3 is 0 Å². The molecule has 0 saturated carbocycles. The largest absolute Gasteiger partial charge is 0.364 e. The Morgan fingerprint density at radius 2 is 2.22 bits per heavy atom. The van der Waals surface area contributed by atoms with E-state index in [2.05, 4.69) is 41.2 Å². The molecule has 5 N–H and O–H groups in total. The molecule has 1 aromatic carbocycles. The third-order valence-electron chi connectivity index (χ3n) is 2.67. The van der Waals surface area contributed by atoms with Gasteiger partial charge in [0.05, 0.1) is 5.69 Å². The van der Waals surface area contributed by atoms with E-state index < -0.39 is 9.62 Å². The number of benzene rings is 1. The van der Waals surface area contributed by atoms with E-state index in [1.807, 2.05) is 17.6 Å². The molecular formula is C12H16BrN7O2S. The second kappa shape index (κ2) is 7.53. The van der Waals surface area contributed by atoms with E-state index in [4.69, 9.17) is 9.56 Å². The van der Waals surface area contributed by atoms with Crippen LogP contribution in [0.2, 0.25) is 0 Å². The highest BCUT2D eigenvalue weighted by molar-refractivity contribution is 9.10. The molecule has 0 radical (unpaired) electrons. The highest BCUT2D eigenvalue weighted by Gasteiger charge is 2.16. The van der Waals surface area contributed by atoms with E-state index in [9.17, 15) is 5.21 Å². The van der Waals surface area contributed by atoms with Gasteiger partial charge in [0, 0.05) is 23.0 Å². The predicted molar refractivity (Wildman–Crippen MR) is 91.6 cm³/mol. The lowest BCUT2D eigenvalue weighted by atomic mass is 10.3. The van der Waals surface area contributed by atoms with Gasteiger partial charge < -0.3 is 5.32 Å². The van der Waals surface area contributed by atoms with Gasteiger partial charge in [-0.05, 0) is 28.5 Å². The molecule has 0 fully saturated rings. The Balaban J connectivity index is 2.21. The molecule has 0 spiro atoms. The fourth-order valence-corrected chi connectivity index (χ4v) is 2.54. The van der Waals surface area contributed by atoms with Crippen molar-refractivity contribution in [1.29, 1.82) is 9.56 Å². The normalized spacial score (nSPS) is 12.2. The molecule has 0 aliphatic carbocycles. The number of halogens is 1. The second-order valence-electron chi connectivity index (χ2n) is 4.73. The van der Waals surface area contributed by atoms with E-state index in [1.54, 1.807) is 18.4 Å². The van der Waals surface area contributed by atoms with Crippen LogP contribution in [-0.4, -0.2) is 39.9 Å². The maximum absolute atomic E-state index is 9.32. The minimum Gasteiger partial charge on any atom is -0.364 e. The van der Waals surface area contributed by atoms with Gasteiger partial charge in [0.2, 0.25) is 5.82 Å². The van der Waals surface area contributed by atoms with Crippen LogP contribution in [0.15, 0.2) is 38.4 Å². The molecule has 0 aliphatic heterocycles. The molecule has 0 atom stereocenters. The van der Waals surface area contributed by atoms with Crippen molar-refractivity contribution in [1.82, 2.24) is 15.8 Å². The highest BCUT2D eigenvalue weighted by Crippen LogP contribution is 2.20. The maximum atomic E-state index is 9.32. The molecule has 11 heteroatoms. The van der Waals surface area contributed by atoms with Crippen LogP contribution in [0.3, 0.4) is 0 Å². The van der Waals surface area contributed by atoms with Crippen LogP contribution in [0, 0.1) is 9.56 Å². The summed E-state index contributed by atoms with van der Waals surface area (Å²) < 4.78 is 20.7. The zero-order valence-electron chi connectivity index (χ0n) is 12.2. The fraction of sp³-hybridized carbons (Fsp3) is 0.250. The summed E-state index contributed by atoms with van der Waals surface area (Å²) >= 11 is 3.35. The molecule has 23 heavy (non-hydrogen) atoms. The van der Waals surface area contributed by atoms with Gasteiger partial charge in [-0.15, -0.1) is 0 Å². The van der Waals surface area contributed by atoms with Crippen LogP contribution in [-0.2, 0) is 9.62 Å². The van der Waals surface area contributed by atoms with Gasteiger partial charge in [-0.2, -0.15) is 0 Å². The van der Waals surface area contributed by atoms with Gasteiger partial charge in [-0.3, -0.25) is 20.2 Å². The first-order valence-corrected chi connectivity index (χ1v) is 9.46. The van der Waals surface area contributed by atoms with Gasteiger partial charge in [0.15, 0.2) is 11.5 Å². The van der Waals surface area contributed by atoms with Crippen molar-refractivity contribution < 1.29 is 9.84 Å². The lowest BCUT2D eigenvalue weighted by molar-refractivity contribution is 0.234. The molecular weight excluding hydrogens is 386 g/mol. The van der Waals surface area contributed by atoms with Gasteiger partial charge in [-0.25, -0.2) is 9.62 Å². The Kier molecular flexibility index (Phi) is 5.69. The van der Waals surface area contributed by atoms with Crippen LogP contribution >= 0.6 is 15.9 Å². The highest BCUT2D eigenvalue weighted by atomic mass is 79.9. The summed E-state index contributed by atoms with van der Waals surface area (Å²) in [5, 5.41) is 19.7. The van der Waals surface area contributed by atoms with Crippen molar-refractivity contribution in [2.24, 2.45) is 4.99 Å². The zero-order valence-corrected chi connectivity index (χ0v) is 14.6. The molecule has 0 bridgehead atoms. The zero-order chi connectivity index (χ0) is 16.9. The van der Waals surface area contributed by atoms with Crippen LogP contribution < -0.4 is 10.8 Å². The first kappa shape index (κ1) is 17.4. The fourth-order valence-electron chi connectivity index (χ4n) is 1.64. The second-order valence-corrected chi connectivity index (χ2v) is 8.23. The number of anilines is 1. The molecule has 2 rings (SSSR count). The van der Waals surface area contributed by atoms with Crippen LogP contribution in [0.5, 0.6) is 0 Å². The van der Waals surface area contributed by atoms with Gasteiger partial charge in [-0.1, -0.05) is 31.6 Å². The Morgan fingerprint density at radius 3 is 2.87 bits per heavy atom. The minimum absolute atomic E-state index is 0.0682. The standard InChI is InChI=1S/C12H16BrN7O2S/c1-23(14,15)6-5-16-11-10(19-22-20-11)12(18-21)17-9-4-2-3-8(13)7-9/h2-4,7,14-15,21H,5-6H2,1H3,(H,16,20)(H,17,18). The van der Waals surface area contributed by atoms with Gasteiger partial charge in [0.1, 0.15) is 0 Å². The van der Waals surface area contributed by atoms with E-state index in [0.29, 0.717) is 18.0 Å². The van der Waals surface area contributed by atoms with Crippen molar-refractivity contribution >= 4 is 42.9 Å². The average molecular weight is 402 g/mol. The summed E-state index contributed by atoms with van der Waals surface area (Å²) in [6.07, 6.45) is 1.58. The summed E-state index contributed by atoms with van der Waals surface area (Å²) in [7, 11) is -2.11. The van der Waals surface area contributed by atoms with E-state index in [1.165, 1.54) is 0 Å². The number of hydrogen-bond donors (Lipinski definition) is 5. The lowest BCUT2D eigenvalue weighted by Crippen LogP contribution is -2.23. The molecule has 0 amide bonds. The quantitative estimate of drug-likeness (QED) is 0.286. The number of nitrogens with one attached hydrogen (secondary N) is 4. The van der Waals surface area contributed by atoms with Crippen LogP contribution in [0.25, 0.3) is 0 Å². The molecule has 1 aromatic heterocycles. The topological polar surface area (TPSA) is 143 Å². The molecule has 0 unspecified atom stereocenters. The maximum Gasteiger partial charge on any atom is 0.202 e. The van der Waals surface area contributed by atoms with Crippen molar-refractivity contribution in [3.8, 4) is 0 Å². The molecule has 0 aliphatic rings. The van der Waals surface area contributed by atoms with Crippen LogP contribution in [0.1, 0.15) is 5.69 Å². The smallest absolute Gasteiger partial charge is 0.202 e. The number of aromatic nitrogens is 2. The SMILES string of the molecule is CS(=N)(=N)CCNc1nonc1C(=Nc1cccc(Br)c1)NO. The first-order chi connectivity index (χ1) is 10.9. The number of amidine groups is 1. The monoisotopic (exact) mass is 401 g/mol. The molecule has 0 saturated heterocycles. The number of rotatable bonds is 6. The third-order valence-corrected chi connectivity index (χ3v) is 4.18. The molecule has 2 aromatic rings. The number of hydrogen-bond acceptors (Lipinski definition) is 8. The van der Waals surface area contributed by atoms with Crippen LogP contribution in [0.4, 0.5) is 11.5 Å². The van der Waals surface area contributed by atoms with Crippen molar-refractivity contribution in [3.05, 3.63) is 34.4 Å². The number of nitrogens with zero attached hydrogens (tertiary/aromatic N) is 3. The Hall–Kier alpha value is -1.98. The summed E-state index contributed by atoms with van der Waals surface area (Å²) in [5.74, 6) is 0.715. The van der Waals surface area contributed by atoms with E-state index >= 15 is 0 Å². The van der Waals surface area contributed by atoms with Crippen molar-refractivity contribution in [2.75, 3.05) is 23.9 Å². The Bertz CT molecular complexity index is 803.